The molecule has 0 bridgehead atoms. The van der Waals surface area contributed by atoms with Gasteiger partial charge in [-0.15, -0.1) is 0 Å². The first-order valence-electron chi connectivity index (χ1n) is 12.9. The lowest BCUT2D eigenvalue weighted by Crippen LogP contribution is -2.49. The highest BCUT2D eigenvalue weighted by atomic mass is 28.3. The van der Waals surface area contributed by atoms with Gasteiger partial charge in [0.15, 0.2) is 0 Å². The van der Waals surface area contributed by atoms with Crippen molar-refractivity contribution in [2.75, 3.05) is 24.6 Å². The molecular formula is C27H38N6O3Si. The number of hydrogen-bond acceptors (Lipinski definition) is 7. The van der Waals surface area contributed by atoms with Crippen LogP contribution in [0.5, 0.6) is 0 Å². The molecule has 4 rings (SSSR count). The molecular weight excluding hydrogens is 484 g/mol. The number of aromatic nitrogens is 3. The van der Waals surface area contributed by atoms with Crippen LogP contribution in [-0.2, 0) is 16.2 Å². The standard InChI is InChI=1S/C27H38N6O3Si/c1-27(2,3)36-26(34)31-19-8-7-11-32(17-19)22-9-10-29-25-24(22)21-14-20(15-28)30-16-23(21)33(25)18-35-12-13-37(4,5)6/h9-10,14,16,19H,7-8,11-13,17-18H2,1-6H3,(H,31,34). The number of fused-ring (bicyclic) bond motifs is 3. The Morgan fingerprint density at radius 2 is 2.08 bits per heavy atom. The second-order valence-corrected chi connectivity index (χ2v) is 17.6. The number of amides is 1. The predicted octanol–water partition coefficient (Wildman–Crippen LogP) is 5.26. The van der Waals surface area contributed by atoms with Gasteiger partial charge >= 0.3 is 6.09 Å². The molecule has 1 aliphatic heterocycles. The van der Waals surface area contributed by atoms with Crippen LogP contribution < -0.4 is 10.2 Å². The van der Waals surface area contributed by atoms with Gasteiger partial charge in [-0.1, -0.05) is 19.6 Å². The number of pyridine rings is 2. The lowest BCUT2D eigenvalue weighted by molar-refractivity contribution is 0.0500. The predicted molar refractivity (Wildman–Crippen MR) is 148 cm³/mol. The summed E-state index contributed by atoms with van der Waals surface area (Å²) >= 11 is 0. The third-order valence-electron chi connectivity index (χ3n) is 6.42. The van der Waals surface area contributed by atoms with E-state index in [1.165, 1.54) is 0 Å². The third-order valence-corrected chi connectivity index (χ3v) is 8.13. The molecule has 9 nitrogen and oxygen atoms in total. The molecule has 198 valence electrons. The molecule has 0 spiro atoms. The number of carbonyl (C=O) groups excluding carboxylic acids is 1. The smallest absolute Gasteiger partial charge is 0.407 e. The van der Waals surface area contributed by atoms with Crippen molar-refractivity contribution in [1.29, 1.82) is 5.26 Å². The Kier molecular flexibility index (Phi) is 7.76. The number of nitriles is 1. The molecule has 1 amide bonds. The molecule has 1 saturated heterocycles. The second kappa shape index (κ2) is 10.7. The fraction of sp³-hybridized carbons (Fsp3) is 0.556. The van der Waals surface area contributed by atoms with E-state index in [1.54, 1.807) is 6.20 Å². The van der Waals surface area contributed by atoms with Gasteiger partial charge in [0.05, 0.1) is 22.8 Å². The first-order valence-corrected chi connectivity index (χ1v) is 16.7. The summed E-state index contributed by atoms with van der Waals surface area (Å²) in [7, 11) is -1.21. The SMILES string of the molecule is CC(C)(C)OC(=O)NC1CCCN(c2ccnc3c2c2cc(C#N)ncc2n3COCC[Si](C)(C)C)C1. The number of rotatable bonds is 7. The average Bonchev–Trinajstić information content (AvgIpc) is 3.13. The fourth-order valence-electron chi connectivity index (χ4n) is 4.66. The maximum absolute atomic E-state index is 12.4. The molecule has 3 aromatic heterocycles. The number of piperidine rings is 1. The van der Waals surface area contributed by atoms with Crippen molar-refractivity contribution in [1.82, 2.24) is 19.9 Å². The highest BCUT2D eigenvalue weighted by Gasteiger charge is 2.27. The van der Waals surface area contributed by atoms with E-state index >= 15 is 0 Å². The zero-order chi connectivity index (χ0) is 26.8. The van der Waals surface area contributed by atoms with Crippen LogP contribution in [0.1, 0.15) is 39.3 Å². The monoisotopic (exact) mass is 522 g/mol. The fourth-order valence-corrected chi connectivity index (χ4v) is 5.42. The summed E-state index contributed by atoms with van der Waals surface area (Å²) < 4.78 is 13.6. The van der Waals surface area contributed by atoms with Gasteiger partial charge in [0, 0.05) is 45.4 Å². The van der Waals surface area contributed by atoms with E-state index in [0.29, 0.717) is 25.6 Å². The number of hydrogen-bond donors (Lipinski definition) is 1. The van der Waals surface area contributed by atoms with E-state index in [2.05, 4.69) is 40.9 Å². The largest absolute Gasteiger partial charge is 0.444 e. The van der Waals surface area contributed by atoms with Crippen molar-refractivity contribution in [3.63, 3.8) is 0 Å². The van der Waals surface area contributed by atoms with Crippen molar-refractivity contribution in [2.45, 2.75) is 77.7 Å². The van der Waals surface area contributed by atoms with Crippen LogP contribution in [0.2, 0.25) is 25.7 Å². The van der Waals surface area contributed by atoms with Gasteiger partial charge in [-0.05, 0) is 51.8 Å². The minimum atomic E-state index is -1.21. The molecule has 1 fully saturated rings. The summed E-state index contributed by atoms with van der Waals surface area (Å²) in [5.74, 6) is 0. The minimum absolute atomic E-state index is 0.0265. The molecule has 10 heteroatoms. The molecule has 1 aliphatic rings. The molecule has 3 aromatic rings. The van der Waals surface area contributed by atoms with Crippen molar-refractivity contribution >= 4 is 41.8 Å². The Balaban J connectivity index is 1.66. The van der Waals surface area contributed by atoms with E-state index in [4.69, 9.17) is 14.5 Å². The van der Waals surface area contributed by atoms with E-state index in [9.17, 15) is 10.1 Å². The Hall–Kier alpha value is -3.16. The van der Waals surface area contributed by atoms with E-state index in [1.807, 2.05) is 43.7 Å². The summed E-state index contributed by atoms with van der Waals surface area (Å²) in [4.78, 5) is 23.8. The minimum Gasteiger partial charge on any atom is -0.444 e. The Labute approximate surface area is 219 Å². The molecule has 37 heavy (non-hydrogen) atoms. The summed E-state index contributed by atoms with van der Waals surface area (Å²) in [5.41, 5.74) is 2.55. The molecule has 0 aliphatic carbocycles. The topological polar surface area (TPSA) is 105 Å². The van der Waals surface area contributed by atoms with Crippen LogP contribution in [0.4, 0.5) is 10.5 Å². The molecule has 4 heterocycles. The summed E-state index contributed by atoms with van der Waals surface area (Å²) in [6.07, 6.45) is 4.99. The van der Waals surface area contributed by atoms with Crippen molar-refractivity contribution in [3.05, 3.63) is 30.2 Å². The maximum atomic E-state index is 12.4. The Morgan fingerprint density at radius 3 is 2.78 bits per heavy atom. The van der Waals surface area contributed by atoms with Crippen molar-refractivity contribution in [2.24, 2.45) is 0 Å². The number of ether oxygens (including phenoxy) is 2. The van der Waals surface area contributed by atoms with Gasteiger partial charge in [0.25, 0.3) is 0 Å². The third kappa shape index (κ3) is 6.59. The average molecular weight is 523 g/mol. The van der Waals surface area contributed by atoms with Gasteiger partial charge in [0.1, 0.15) is 29.7 Å². The molecule has 1 unspecified atom stereocenters. The molecule has 0 saturated carbocycles. The summed E-state index contributed by atoms with van der Waals surface area (Å²) in [5, 5.41) is 14.5. The first-order chi connectivity index (χ1) is 17.4. The first kappa shape index (κ1) is 26.9. The normalized spacial score (nSPS) is 16.7. The number of nitrogens with one attached hydrogen (secondary N) is 1. The van der Waals surface area contributed by atoms with E-state index in [0.717, 1.165) is 53.1 Å². The van der Waals surface area contributed by atoms with Gasteiger partial charge < -0.3 is 19.7 Å². The zero-order valence-electron chi connectivity index (χ0n) is 22.8. The quantitative estimate of drug-likeness (QED) is 0.333. The van der Waals surface area contributed by atoms with Crippen LogP contribution in [0.3, 0.4) is 0 Å². The number of anilines is 1. The van der Waals surface area contributed by atoms with Crippen molar-refractivity contribution in [3.8, 4) is 6.07 Å². The Morgan fingerprint density at radius 1 is 1.30 bits per heavy atom. The van der Waals surface area contributed by atoms with Crippen LogP contribution in [0.25, 0.3) is 21.9 Å². The van der Waals surface area contributed by atoms with Gasteiger partial charge in [-0.3, -0.25) is 4.57 Å². The highest BCUT2D eigenvalue weighted by molar-refractivity contribution is 6.76. The molecule has 0 radical (unpaired) electrons. The summed E-state index contributed by atoms with van der Waals surface area (Å²) in [6.45, 7) is 15.2. The lowest BCUT2D eigenvalue weighted by Gasteiger charge is -2.35. The van der Waals surface area contributed by atoms with Gasteiger partial charge in [0.2, 0.25) is 0 Å². The molecule has 1 N–H and O–H groups in total. The zero-order valence-corrected chi connectivity index (χ0v) is 23.8. The van der Waals surface area contributed by atoms with Gasteiger partial charge in [-0.2, -0.15) is 5.26 Å². The van der Waals surface area contributed by atoms with Crippen LogP contribution in [-0.4, -0.2) is 60.0 Å². The van der Waals surface area contributed by atoms with E-state index in [-0.39, 0.29) is 6.04 Å². The molecule has 0 aromatic carbocycles. The van der Waals surface area contributed by atoms with Gasteiger partial charge in [-0.25, -0.2) is 14.8 Å². The van der Waals surface area contributed by atoms with Crippen LogP contribution in [0, 0.1) is 11.3 Å². The summed E-state index contributed by atoms with van der Waals surface area (Å²) in [6, 6.07) is 7.07. The lowest BCUT2D eigenvalue weighted by atomic mass is 10.0. The van der Waals surface area contributed by atoms with E-state index < -0.39 is 19.8 Å². The van der Waals surface area contributed by atoms with Crippen LogP contribution >= 0.6 is 0 Å². The van der Waals surface area contributed by atoms with Crippen molar-refractivity contribution < 1.29 is 14.3 Å². The number of carbonyl (C=O) groups is 1. The number of nitrogens with zero attached hydrogens (tertiary/aromatic N) is 5. The maximum Gasteiger partial charge on any atom is 0.407 e. The Bertz CT molecular complexity index is 1320. The molecule has 1 atom stereocenters. The second-order valence-electron chi connectivity index (χ2n) is 11.9. The highest BCUT2D eigenvalue weighted by Crippen LogP contribution is 2.36. The van der Waals surface area contributed by atoms with Crippen LogP contribution in [0.15, 0.2) is 24.5 Å². The number of alkyl carbamates (subject to hydrolysis) is 1.